The van der Waals surface area contributed by atoms with E-state index < -0.39 is 5.97 Å². The maximum absolute atomic E-state index is 12.1. The maximum Gasteiger partial charge on any atom is 0.339 e. The van der Waals surface area contributed by atoms with Crippen molar-refractivity contribution < 1.29 is 14.7 Å². The van der Waals surface area contributed by atoms with Crippen LogP contribution in [0.15, 0.2) is 54.7 Å². The van der Waals surface area contributed by atoms with Crippen molar-refractivity contribution in [1.29, 1.82) is 0 Å². The molecule has 0 aliphatic rings. The number of anilines is 3. The molecular weight excluding hydrogens is 384 g/mol. The van der Waals surface area contributed by atoms with Crippen molar-refractivity contribution in [2.24, 2.45) is 0 Å². The number of carbonyl (C=O) groups excluding carboxylic acids is 1. The molecule has 0 saturated carbocycles. The lowest BCUT2D eigenvalue weighted by atomic mass is 10.1. The minimum absolute atomic E-state index is 0.117. The van der Waals surface area contributed by atoms with E-state index in [9.17, 15) is 14.7 Å². The molecule has 0 aliphatic heterocycles. The number of hydrogen-bond acceptors (Lipinski definition) is 6. The average Bonchev–Trinajstić information content (AvgIpc) is 2.74. The van der Waals surface area contributed by atoms with Crippen molar-refractivity contribution in [3.05, 3.63) is 65.9 Å². The van der Waals surface area contributed by atoms with E-state index in [0.717, 1.165) is 11.1 Å². The van der Waals surface area contributed by atoms with Crippen LogP contribution in [0, 0.1) is 0 Å². The standard InChI is InChI=1S/C21H22N6O3/c1-2-23-19-16(20(28)29)8-9-17(27-19)14-4-6-15(7-5-14)26-21(30)25-12-13-3-10-18(22)24-11-13/h3-11H,2,12H2,1H3,(H2,22,24)(H,23,27)(H,28,29)(H2,25,26,30). The van der Waals surface area contributed by atoms with Crippen molar-refractivity contribution in [3.8, 4) is 11.3 Å². The average molecular weight is 406 g/mol. The Hall–Kier alpha value is -4.14. The van der Waals surface area contributed by atoms with Gasteiger partial charge in [-0.15, -0.1) is 0 Å². The van der Waals surface area contributed by atoms with E-state index in [1.807, 2.05) is 6.92 Å². The van der Waals surface area contributed by atoms with Gasteiger partial charge in [-0.25, -0.2) is 19.6 Å². The molecule has 2 heterocycles. The van der Waals surface area contributed by atoms with Crippen LogP contribution in [-0.4, -0.2) is 33.6 Å². The van der Waals surface area contributed by atoms with Crippen molar-refractivity contribution in [2.75, 3.05) is 22.9 Å². The lowest BCUT2D eigenvalue weighted by molar-refractivity contribution is 0.0697. The summed E-state index contributed by atoms with van der Waals surface area (Å²) in [5.74, 6) is -0.292. The summed E-state index contributed by atoms with van der Waals surface area (Å²) in [6.45, 7) is 2.75. The van der Waals surface area contributed by atoms with Crippen molar-refractivity contribution in [2.45, 2.75) is 13.5 Å². The Morgan fingerprint density at radius 3 is 2.47 bits per heavy atom. The molecule has 0 atom stereocenters. The topological polar surface area (TPSA) is 142 Å². The highest BCUT2D eigenvalue weighted by Gasteiger charge is 2.12. The first-order chi connectivity index (χ1) is 14.5. The minimum atomic E-state index is -1.04. The van der Waals surface area contributed by atoms with E-state index in [2.05, 4.69) is 25.9 Å². The smallest absolute Gasteiger partial charge is 0.339 e. The minimum Gasteiger partial charge on any atom is -0.478 e. The van der Waals surface area contributed by atoms with Crippen LogP contribution in [0.5, 0.6) is 0 Å². The number of aromatic carboxylic acids is 1. The molecule has 30 heavy (non-hydrogen) atoms. The fraction of sp³-hybridized carbons (Fsp3) is 0.143. The fourth-order valence-electron chi connectivity index (χ4n) is 2.72. The van der Waals surface area contributed by atoms with E-state index in [4.69, 9.17) is 5.73 Å². The summed E-state index contributed by atoms with van der Waals surface area (Å²) in [6, 6.07) is 13.4. The SMILES string of the molecule is CCNc1nc(-c2ccc(NC(=O)NCc3ccc(N)nc3)cc2)ccc1C(=O)O. The largest absolute Gasteiger partial charge is 0.478 e. The molecule has 6 N–H and O–H groups in total. The second kappa shape index (κ2) is 9.37. The molecule has 0 unspecified atom stereocenters. The number of nitrogens with two attached hydrogens (primary N) is 1. The van der Waals surface area contributed by atoms with Gasteiger partial charge in [0.1, 0.15) is 17.2 Å². The Morgan fingerprint density at radius 1 is 1.07 bits per heavy atom. The maximum atomic E-state index is 12.1. The van der Waals surface area contributed by atoms with Gasteiger partial charge >= 0.3 is 12.0 Å². The quantitative estimate of drug-likeness (QED) is 0.405. The molecule has 3 aromatic rings. The highest BCUT2D eigenvalue weighted by Crippen LogP contribution is 2.23. The molecule has 0 fully saturated rings. The first-order valence-electron chi connectivity index (χ1n) is 9.30. The summed E-state index contributed by atoms with van der Waals surface area (Å²) >= 11 is 0. The zero-order valence-corrected chi connectivity index (χ0v) is 16.3. The molecule has 0 aliphatic carbocycles. The first kappa shape index (κ1) is 20.6. The number of amides is 2. The van der Waals surface area contributed by atoms with Gasteiger partial charge < -0.3 is 26.8 Å². The number of nitrogens with one attached hydrogen (secondary N) is 3. The van der Waals surface area contributed by atoms with Gasteiger partial charge in [0.2, 0.25) is 0 Å². The zero-order chi connectivity index (χ0) is 21.5. The molecule has 9 nitrogen and oxygen atoms in total. The highest BCUT2D eigenvalue weighted by molar-refractivity contribution is 5.94. The van der Waals surface area contributed by atoms with Crippen LogP contribution in [0.2, 0.25) is 0 Å². The molecule has 0 spiro atoms. The van der Waals surface area contributed by atoms with Crippen LogP contribution in [0.1, 0.15) is 22.8 Å². The lowest BCUT2D eigenvalue weighted by Crippen LogP contribution is -2.28. The molecule has 2 amide bonds. The third-order valence-electron chi connectivity index (χ3n) is 4.21. The summed E-state index contributed by atoms with van der Waals surface area (Å²) in [4.78, 5) is 31.8. The van der Waals surface area contributed by atoms with Gasteiger partial charge in [0, 0.05) is 30.5 Å². The number of urea groups is 1. The second-order valence-electron chi connectivity index (χ2n) is 6.40. The van der Waals surface area contributed by atoms with Crippen LogP contribution >= 0.6 is 0 Å². The van der Waals surface area contributed by atoms with Crippen LogP contribution in [0.25, 0.3) is 11.3 Å². The predicted molar refractivity (Wildman–Crippen MR) is 115 cm³/mol. The molecule has 0 bridgehead atoms. The van der Waals surface area contributed by atoms with Crippen LogP contribution in [0.4, 0.5) is 22.1 Å². The number of carbonyl (C=O) groups is 2. The molecule has 0 saturated heterocycles. The van der Waals surface area contributed by atoms with Crippen LogP contribution in [0.3, 0.4) is 0 Å². The van der Waals surface area contributed by atoms with Crippen molar-refractivity contribution >= 4 is 29.3 Å². The number of carboxylic acid groups (broad SMARTS) is 1. The Balaban J connectivity index is 1.64. The summed E-state index contributed by atoms with van der Waals surface area (Å²) < 4.78 is 0. The number of nitrogen functional groups attached to an aromatic ring is 1. The van der Waals surface area contributed by atoms with E-state index >= 15 is 0 Å². The normalized spacial score (nSPS) is 10.3. The molecule has 154 valence electrons. The molecule has 2 aromatic heterocycles. The molecular formula is C21H22N6O3. The van der Waals surface area contributed by atoms with E-state index in [1.165, 1.54) is 6.07 Å². The third-order valence-corrected chi connectivity index (χ3v) is 4.21. The van der Waals surface area contributed by atoms with Gasteiger partial charge in [0.25, 0.3) is 0 Å². The molecule has 3 rings (SSSR count). The van der Waals surface area contributed by atoms with Gasteiger partial charge in [-0.1, -0.05) is 18.2 Å². The molecule has 1 aromatic carbocycles. The predicted octanol–water partition coefficient (Wildman–Crippen LogP) is 3.18. The van der Waals surface area contributed by atoms with Crippen LogP contribution in [-0.2, 0) is 6.54 Å². The fourth-order valence-corrected chi connectivity index (χ4v) is 2.72. The van der Waals surface area contributed by atoms with Gasteiger partial charge in [0.05, 0.1) is 5.69 Å². The van der Waals surface area contributed by atoms with Crippen molar-refractivity contribution in [3.63, 3.8) is 0 Å². The zero-order valence-electron chi connectivity index (χ0n) is 16.3. The first-order valence-corrected chi connectivity index (χ1v) is 9.30. The lowest BCUT2D eigenvalue weighted by Gasteiger charge is -2.10. The summed E-state index contributed by atoms with van der Waals surface area (Å²) in [5.41, 5.74) is 8.53. The monoisotopic (exact) mass is 406 g/mol. The Kier molecular flexibility index (Phi) is 6.43. The van der Waals surface area contributed by atoms with Crippen molar-refractivity contribution in [1.82, 2.24) is 15.3 Å². The number of nitrogens with zero attached hydrogens (tertiary/aromatic N) is 2. The number of carboxylic acids is 1. The van der Waals surface area contributed by atoms with Gasteiger partial charge in [0.15, 0.2) is 0 Å². The Morgan fingerprint density at radius 2 is 1.83 bits per heavy atom. The van der Waals surface area contributed by atoms with Gasteiger partial charge in [-0.3, -0.25) is 0 Å². The highest BCUT2D eigenvalue weighted by atomic mass is 16.4. The Labute approximate surface area is 173 Å². The van der Waals surface area contributed by atoms with E-state index in [-0.39, 0.29) is 11.6 Å². The molecule has 0 radical (unpaired) electrons. The number of aromatic nitrogens is 2. The van der Waals surface area contributed by atoms with E-state index in [0.29, 0.717) is 36.1 Å². The summed E-state index contributed by atoms with van der Waals surface area (Å²) in [7, 11) is 0. The van der Waals surface area contributed by atoms with Gasteiger partial charge in [-0.05, 0) is 42.8 Å². The third kappa shape index (κ3) is 5.22. The molecule has 9 heteroatoms. The van der Waals surface area contributed by atoms with Crippen LogP contribution < -0.4 is 21.7 Å². The summed E-state index contributed by atoms with van der Waals surface area (Å²) in [5, 5.41) is 17.7. The number of hydrogen-bond donors (Lipinski definition) is 5. The van der Waals surface area contributed by atoms with E-state index in [1.54, 1.807) is 48.7 Å². The number of pyridine rings is 2. The second-order valence-corrected chi connectivity index (χ2v) is 6.40. The van der Waals surface area contributed by atoms with Gasteiger partial charge in [-0.2, -0.15) is 0 Å². The number of rotatable bonds is 7. The number of benzene rings is 1. The Bertz CT molecular complexity index is 1040. The summed E-state index contributed by atoms with van der Waals surface area (Å²) in [6.07, 6.45) is 1.61.